The van der Waals surface area contributed by atoms with Gasteiger partial charge in [-0.2, -0.15) is 0 Å². The van der Waals surface area contributed by atoms with E-state index in [1.807, 2.05) is 43.3 Å². The molecule has 2 amide bonds. The van der Waals surface area contributed by atoms with Crippen molar-refractivity contribution in [2.45, 2.75) is 50.1 Å². The fraction of sp³-hybridized carbons (Fsp3) is 0.407. The zero-order chi connectivity index (χ0) is 26.3. The molecule has 5 rings (SSSR count). The molecule has 2 heterocycles. The van der Waals surface area contributed by atoms with Gasteiger partial charge in [0.1, 0.15) is 5.25 Å². The first-order valence-corrected chi connectivity index (χ1v) is 14.2. The summed E-state index contributed by atoms with van der Waals surface area (Å²) >= 11 is 0. The fourth-order valence-corrected chi connectivity index (χ4v) is 6.99. The van der Waals surface area contributed by atoms with Gasteiger partial charge < -0.3 is 16.8 Å². The molecule has 9 nitrogen and oxygen atoms in total. The number of guanidine groups is 1. The van der Waals surface area contributed by atoms with Crippen molar-refractivity contribution >= 4 is 27.7 Å². The first-order chi connectivity index (χ1) is 17.7. The number of sulfonamides is 1. The molecule has 37 heavy (non-hydrogen) atoms. The highest BCUT2D eigenvalue weighted by Gasteiger charge is 2.39. The van der Waals surface area contributed by atoms with E-state index >= 15 is 0 Å². The normalized spacial score (nSPS) is 20.8. The molecule has 1 saturated carbocycles. The predicted octanol–water partition coefficient (Wildman–Crippen LogP) is 2.94. The summed E-state index contributed by atoms with van der Waals surface area (Å²) in [6.45, 7) is 6.85. The van der Waals surface area contributed by atoms with Crippen molar-refractivity contribution in [1.29, 1.82) is 0 Å². The van der Waals surface area contributed by atoms with Crippen molar-refractivity contribution in [2.24, 2.45) is 22.4 Å². The number of nitrogens with one attached hydrogen (secondary N) is 1. The molecule has 3 atom stereocenters. The van der Waals surface area contributed by atoms with Gasteiger partial charge in [0.2, 0.25) is 16.0 Å². The van der Waals surface area contributed by atoms with Crippen LogP contribution in [0.3, 0.4) is 0 Å². The number of fused-ring (bicyclic) bond motifs is 1. The lowest BCUT2D eigenvalue weighted by molar-refractivity contribution is 0.242. The van der Waals surface area contributed by atoms with E-state index in [0.29, 0.717) is 31.0 Å². The molecule has 0 bridgehead atoms. The Morgan fingerprint density at radius 1 is 1.27 bits per heavy atom. The minimum Gasteiger partial charge on any atom is -0.369 e. The van der Waals surface area contributed by atoms with Crippen LogP contribution in [0.1, 0.15) is 53.3 Å². The van der Waals surface area contributed by atoms with Gasteiger partial charge in [-0.1, -0.05) is 42.5 Å². The molecule has 3 unspecified atom stereocenters. The van der Waals surface area contributed by atoms with E-state index in [-0.39, 0.29) is 24.6 Å². The van der Waals surface area contributed by atoms with E-state index in [1.54, 1.807) is 11.0 Å². The Hall–Kier alpha value is -3.37. The molecule has 0 radical (unpaired) electrons. The molecule has 2 aliphatic heterocycles. The molecular weight excluding hydrogens is 488 g/mol. The summed E-state index contributed by atoms with van der Waals surface area (Å²) < 4.78 is 28.7. The van der Waals surface area contributed by atoms with Crippen LogP contribution in [-0.2, 0) is 23.0 Å². The molecule has 0 saturated heterocycles. The van der Waals surface area contributed by atoms with E-state index in [9.17, 15) is 13.2 Å². The van der Waals surface area contributed by atoms with E-state index in [2.05, 4.69) is 16.9 Å². The van der Waals surface area contributed by atoms with Crippen molar-refractivity contribution in [3.8, 4) is 0 Å². The van der Waals surface area contributed by atoms with Crippen LogP contribution in [0, 0.1) is 5.92 Å². The number of aliphatic imine (C=N–C) groups is 1. The number of rotatable bonds is 8. The van der Waals surface area contributed by atoms with Crippen LogP contribution in [0.5, 0.6) is 0 Å². The second-order valence-electron chi connectivity index (χ2n) is 10.0. The number of benzene rings is 2. The van der Waals surface area contributed by atoms with E-state index in [4.69, 9.17) is 11.5 Å². The van der Waals surface area contributed by atoms with Crippen LogP contribution in [0.25, 0.3) is 0 Å². The third-order valence-electron chi connectivity index (χ3n) is 7.61. The lowest BCUT2D eigenvalue weighted by Gasteiger charge is -2.25. The summed E-state index contributed by atoms with van der Waals surface area (Å²) in [7, 11) is -3.94. The molecule has 1 aliphatic carbocycles. The van der Waals surface area contributed by atoms with Crippen molar-refractivity contribution < 1.29 is 13.2 Å². The molecule has 2 aromatic carbocycles. The Balaban J connectivity index is 1.36. The van der Waals surface area contributed by atoms with Crippen molar-refractivity contribution in [3.63, 3.8) is 0 Å². The molecule has 0 aromatic heterocycles. The fourth-order valence-electron chi connectivity index (χ4n) is 5.33. The Kier molecular flexibility index (Phi) is 6.72. The maximum Gasteiger partial charge on any atom is 0.322 e. The third-order valence-corrected chi connectivity index (χ3v) is 9.67. The smallest absolute Gasteiger partial charge is 0.322 e. The number of nitrogens with zero attached hydrogens (tertiary/aromatic N) is 3. The van der Waals surface area contributed by atoms with Crippen LogP contribution in [0.4, 0.5) is 10.5 Å². The van der Waals surface area contributed by atoms with Gasteiger partial charge in [0.05, 0.1) is 12.6 Å². The summed E-state index contributed by atoms with van der Waals surface area (Å²) in [6, 6.07) is 12.6. The number of anilines is 1. The van der Waals surface area contributed by atoms with Crippen molar-refractivity contribution in [2.75, 3.05) is 18.0 Å². The molecular formula is C27H34N6O3S. The van der Waals surface area contributed by atoms with E-state index in [0.717, 1.165) is 35.2 Å². The van der Waals surface area contributed by atoms with Crippen LogP contribution in [0.15, 0.2) is 60.1 Å². The van der Waals surface area contributed by atoms with Gasteiger partial charge in [-0.15, -0.1) is 6.58 Å². The van der Waals surface area contributed by atoms with E-state index in [1.165, 1.54) is 10.4 Å². The Morgan fingerprint density at radius 3 is 2.73 bits per heavy atom. The highest BCUT2D eigenvalue weighted by molar-refractivity contribution is 7.90. The number of carbonyl (C=O) groups excluding carboxylic acids is 1. The molecule has 196 valence electrons. The zero-order valence-corrected chi connectivity index (χ0v) is 21.8. The minimum atomic E-state index is -3.94. The van der Waals surface area contributed by atoms with Gasteiger partial charge in [-0.05, 0) is 60.4 Å². The van der Waals surface area contributed by atoms with E-state index < -0.39 is 21.3 Å². The summed E-state index contributed by atoms with van der Waals surface area (Å²) in [5.74, 6) is 0.523. The van der Waals surface area contributed by atoms with Crippen LogP contribution >= 0.6 is 0 Å². The first-order valence-electron chi connectivity index (χ1n) is 12.7. The highest BCUT2D eigenvalue weighted by atomic mass is 32.2. The highest BCUT2D eigenvalue weighted by Crippen LogP contribution is 2.37. The van der Waals surface area contributed by atoms with Crippen LogP contribution < -0.4 is 21.7 Å². The third kappa shape index (κ3) is 4.71. The van der Waals surface area contributed by atoms with Crippen LogP contribution in [-0.4, -0.2) is 43.8 Å². The molecule has 2 aromatic rings. The first kappa shape index (κ1) is 25.3. The average Bonchev–Trinajstić information content (AvgIpc) is 3.54. The summed E-state index contributed by atoms with van der Waals surface area (Å²) in [5.41, 5.74) is 16.1. The molecule has 1 fully saturated rings. The maximum absolute atomic E-state index is 13.8. The number of hydrogen-bond acceptors (Lipinski definition) is 6. The maximum atomic E-state index is 13.8. The lowest BCUT2D eigenvalue weighted by Crippen LogP contribution is -2.44. The zero-order valence-electron chi connectivity index (χ0n) is 21.0. The number of carbonyl (C=O) groups is 1. The quantitative estimate of drug-likeness (QED) is 0.458. The number of amides is 2. The minimum absolute atomic E-state index is 0.0440. The summed E-state index contributed by atoms with van der Waals surface area (Å²) in [5, 5.41) is 2.09. The number of hydrogen-bond donors (Lipinski definition) is 3. The molecule has 3 aliphatic rings. The Bertz CT molecular complexity index is 1350. The number of urea groups is 1. The molecule has 5 N–H and O–H groups in total. The monoisotopic (exact) mass is 522 g/mol. The summed E-state index contributed by atoms with van der Waals surface area (Å²) in [6.07, 6.45) is 4.39. The van der Waals surface area contributed by atoms with Crippen LogP contribution in [0.2, 0.25) is 0 Å². The number of nitrogens with two attached hydrogens (primary N) is 2. The largest absolute Gasteiger partial charge is 0.369 e. The lowest BCUT2D eigenvalue weighted by atomic mass is 10.0. The Morgan fingerprint density at radius 2 is 2.03 bits per heavy atom. The predicted molar refractivity (Wildman–Crippen MR) is 145 cm³/mol. The summed E-state index contributed by atoms with van der Waals surface area (Å²) in [4.78, 5) is 19.0. The van der Waals surface area contributed by atoms with Gasteiger partial charge in [0, 0.05) is 24.8 Å². The average molecular weight is 523 g/mol. The van der Waals surface area contributed by atoms with Crippen molar-refractivity contribution in [3.05, 3.63) is 77.4 Å². The van der Waals surface area contributed by atoms with Gasteiger partial charge in [0.25, 0.3) is 0 Å². The topological polar surface area (TPSA) is 134 Å². The SMILES string of the molecule is C=CC(c1ccc2c(c1)CCN2C(=O)NC(C)C1CC1)S(=O)(=O)N1CC(c2ccccc2CN)N=C1N. The standard InChI is InChI=1S/C27H34N6O3S/c1-3-25(37(35,36)33-16-23(31-26(33)29)22-7-5-4-6-21(22)15-28)20-10-11-24-19(14-20)12-13-32(24)27(34)30-17(2)18-8-9-18/h3-7,10-11,14,17-18,23,25H,1,8-9,12-13,15-16,28H2,2H3,(H2,29,31)(H,30,34). The second-order valence-corrected chi connectivity index (χ2v) is 12.0. The Labute approximate surface area is 218 Å². The molecule has 10 heteroatoms. The van der Waals surface area contributed by atoms with Gasteiger partial charge >= 0.3 is 6.03 Å². The van der Waals surface area contributed by atoms with Gasteiger partial charge in [-0.25, -0.2) is 22.5 Å². The van der Waals surface area contributed by atoms with Gasteiger partial charge in [-0.3, -0.25) is 4.90 Å². The van der Waals surface area contributed by atoms with Crippen molar-refractivity contribution in [1.82, 2.24) is 9.62 Å². The van der Waals surface area contributed by atoms with Gasteiger partial charge in [0.15, 0.2) is 0 Å². The second kappa shape index (κ2) is 9.83. The molecule has 0 spiro atoms.